The molecule has 5 nitrogen and oxygen atoms in total. The van der Waals surface area contributed by atoms with Crippen LogP contribution in [0, 0.1) is 5.92 Å². The first-order valence-corrected chi connectivity index (χ1v) is 9.49. The van der Waals surface area contributed by atoms with E-state index in [1.165, 1.54) is 0 Å². The zero-order valence-corrected chi connectivity index (χ0v) is 16.6. The summed E-state index contributed by atoms with van der Waals surface area (Å²) in [5.41, 5.74) is 0.712. The molecule has 0 aliphatic carbocycles. The number of hydrogen-bond acceptors (Lipinski definition) is 3. The van der Waals surface area contributed by atoms with Crippen LogP contribution in [-0.2, 0) is 4.79 Å². The smallest absolute Gasteiger partial charge is 0.253 e. The molecule has 7 heteroatoms. The van der Waals surface area contributed by atoms with Gasteiger partial charge in [-0.1, -0.05) is 22.0 Å². The van der Waals surface area contributed by atoms with Crippen LogP contribution < -0.4 is 10.6 Å². The summed E-state index contributed by atoms with van der Waals surface area (Å²) in [5, 5.41) is 6.27. The quantitative estimate of drug-likeness (QED) is 0.772. The molecule has 0 saturated carbocycles. The van der Waals surface area contributed by atoms with E-state index in [4.69, 9.17) is 0 Å². The fourth-order valence-corrected chi connectivity index (χ4v) is 3.90. The lowest BCUT2D eigenvalue weighted by Gasteiger charge is -2.33. The highest BCUT2D eigenvalue weighted by Gasteiger charge is 2.26. The number of piperidine rings is 1. The van der Waals surface area contributed by atoms with Gasteiger partial charge in [-0.05, 0) is 56.3 Å². The molecule has 138 valence electrons. The molecule has 1 aromatic rings. The minimum absolute atomic E-state index is 0. The number of halogens is 2. The molecular weight excluding hydrogens is 406 g/mol. The van der Waals surface area contributed by atoms with Gasteiger partial charge in [0.05, 0.1) is 6.04 Å². The van der Waals surface area contributed by atoms with E-state index in [9.17, 15) is 9.59 Å². The van der Waals surface area contributed by atoms with Gasteiger partial charge in [0.15, 0.2) is 0 Å². The molecule has 2 aliphatic rings. The Balaban J connectivity index is 0.00000225. The molecule has 0 bridgehead atoms. The number of likely N-dealkylation sites (tertiary alicyclic amines) is 1. The van der Waals surface area contributed by atoms with Crippen LogP contribution in [0.15, 0.2) is 28.7 Å². The van der Waals surface area contributed by atoms with E-state index in [0.717, 1.165) is 43.2 Å². The Kier molecular flexibility index (Phi) is 7.72. The minimum atomic E-state index is -0.0343. The second-order valence-corrected chi connectivity index (χ2v) is 7.58. The van der Waals surface area contributed by atoms with E-state index in [0.29, 0.717) is 24.6 Å². The van der Waals surface area contributed by atoms with Gasteiger partial charge in [-0.2, -0.15) is 0 Å². The van der Waals surface area contributed by atoms with Crippen molar-refractivity contribution >= 4 is 40.2 Å². The fraction of sp³-hybridized carbons (Fsp3) is 0.556. The second-order valence-electron chi connectivity index (χ2n) is 6.66. The van der Waals surface area contributed by atoms with E-state index < -0.39 is 0 Å². The first-order chi connectivity index (χ1) is 11.6. The Morgan fingerprint density at radius 1 is 1.28 bits per heavy atom. The number of rotatable bonds is 4. The van der Waals surface area contributed by atoms with Gasteiger partial charge in [-0.3, -0.25) is 9.59 Å². The number of nitrogens with one attached hydrogen (secondary N) is 2. The molecule has 25 heavy (non-hydrogen) atoms. The third-order valence-corrected chi connectivity index (χ3v) is 5.31. The lowest BCUT2D eigenvalue weighted by molar-refractivity contribution is -0.123. The van der Waals surface area contributed by atoms with Crippen molar-refractivity contribution < 1.29 is 9.59 Å². The third-order valence-electron chi connectivity index (χ3n) is 4.82. The first kappa shape index (κ1) is 20.2. The molecule has 0 spiro atoms. The summed E-state index contributed by atoms with van der Waals surface area (Å²) in [4.78, 5) is 26.7. The number of benzene rings is 1. The summed E-state index contributed by atoms with van der Waals surface area (Å²) in [7, 11) is 0. The lowest BCUT2D eigenvalue weighted by atomic mass is 9.97. The SMILES string of the molecule is Cl.O=C(NCC1CCCN(C(=O)c2cccc(Br)c2)C1)C1CCCN1. The number of nitrogens with zero attached hydrogens (tertiary/aromatic N) is 1. The predicted molar refractivity (Wildman–Crippen MR) is 104 cm³/mol. The largest absolute Gasteiger partial charge is 0.354 e. The molecular formula is C18H25BrClN3O2. The van der Waals surface area contributed by atoms with Gasteiger partial charge in [0.1, 0.15) is 0 Å². The Morgan fingerprint density at radius 3 is 2.84 bits per heavy atom. The van der Waals surface area contributed by atoms with Crippen LogP contribution in [0.4, 0.5) is 0 Å². The van der Waals surface area contributed by atoms with E-state index >= 15 is 0 Å². The van der Waals surface area contributed by atoms with Crippen LogP contribution >= 0.6 is 28.3 Å². The summed E-state index contributed by atoms with van der Waals surface area (Å²) in [6, 6.07) is 7.48. The van der Waals surface area contributed by atoms with E-state index in [1.807, 2.05) is 29.2 Å². The fourth-order valence-electron chi connectivity index (χ4n) is 3.50. The van der Waals surface area contributed by atoms with E-state index in [2.05, 4.69) is 26.6 Å². The van der Waals surface area contributed by atoms with Gasteiger partial charge in [-0.15, -0.1) is 12.4 Å². The second kappa shape index (κ2) is 9.55. The molecule has 2 amide bonds. The van der Waals surface area contributed by atoms with Crippen molar-refractivity contribution in [2.75, 3.05) is 26.2 Å². The minimum Gasteiger partial charge on any atom is -0.354 e. The molecule has 2 N–H and O–H groups in total. The highest BCUT2D eigenvalue weighted by atomic mass is 79.9. The summed E-state index contributed by atoms with van der Waals surface area (Å²) in [6.07, 6.45) is 4.03. The van der Waals surface area contributed by atoms with Crippen molar-refractivity contribution in [3.05, 3.63) is 34.3 Å². The lowest BCUT2D eigenvalue weighted by Crippen LogP contribution is -2.46. The highest BCUT2D eigenvalue weighted by molar-refractivity contribution is 9.10. The highest BCUT2D eigenvalue weighted by Crippen LogP contribution is 2.20. The average Bonchev–Trinajstić information content (AvgIpc) is 3.14. The Bertz CT molecular complexity index is 608. The van der Waals surface area contributed by atoms with Crippen LogP contribution in [0.2, 0.25) is 0 Å². The molecule has 1 aromatic carbocycles. The van der Waals surface area contributed by atoms with Crippen molar-refractivity contribution in [3.63, 3.8) is 0 Å². The van der Waals surface area contributed by atoms with Gasteiger partial charge >= 0.3 is 0 Å². The maximum atomic E-state index is 12.7. The standard InChI is InChI=1S/C18H24BrN3O2.ClH/c19-15-6-1-5-14(10-15)18(24)22-9-3-4-13(12-22)11-21-17(23)16-7-2-8-20-16;/h1,5-6,10,13,16,20H,2-4,7-9,11-12H2,(H,21,23);1H. The van der Waals surface area contributed by atoms with Crippen LogP contribution in [0.3, 0.4) is 0 Å². The molecule has 0 aromatic heterocycles. The van der Waals surface area contributed by atoms with Gasteiger partial charge < -0.3 is 15.5 Å². The van der Waals surface area contributed by atoms with Crippen LogP contribution in [-0.4, -0.2) is 48.9 Å². The van der Waals surface area contributed by atoms with Gasteiger partial charge in [0.2, 0.25) is 5.91 Å². The zero-order valence-electron chi connectivity index (χ0n) is 14.2. The zero-order chi connectivity index (χ0) is 16.9. The van der Waals surface area contributed by atoms with Crippen molar-refractivity contribution in [3.8, 4) is 0 Å². The number of carbonyl (C=O) groups excluding carboxylic acids is 2. The van der Waals surface area contributed by atoms with Gasteiger partial charge in [0, 0.05) is 29.7 Å². The third kappa shape index (κ3) is 5.43. The number of hydrogen-bond donors (Lipinski definition) is 2. The number of carbonyl (C=O) groups is 2. The van der Waals surface area contributed by atoms with Gasteiger partial charge in [-0.25, -0.2) is 0 Å². The van der Waals surface area contributed by atoms with Crippen molar-refractivity contribution in [1.29, 1.82) is 0 Å². The van der Waals surface area contributed by atoms with Crippen LogP contribution in [0.25, 0.3) is 0 Å². The average molecular weight is 431 g/mol. The van der Waals surface area contributed by atoms with Crippen LogP contribution in [0.1, 0.15) is 36.0 Å². The maximum absolute atomic E-state index is 12.7. The summed E-state index contributed by atoms with van der Waals surface area (Å²) in [6.45, 7) is 3.08. The molecule has 2 fully saturated rings. The summed E-state index contributed by atoms with van der Waals surface area (Å²) < 4.78 is 0.915. The predicted octanol–water partition coefficient (Wildman–Crippen LogP) is 2.59. The topological polar surface area (TPSA) is 61.4 Å². The van der Waals surface area contributed by atoms with Crippen molar-refractivity contribution in [1.82, 2.24) is 15.5 Å². The van der Waals surface area contributed by atoms with Crippen molar-refractivity contribution in [2.45, 2.75) is 31.7 Å². The molecule has 2 heterocycles. The molecule has 2 aliphatic heterocycles. The normalized spacial score (nSPS) is 23.0. The maximum Gasteiger partial charge on any atom is 0.253 e. The molecule has 0 radical (unpaired) electrons. The monoisotopic (exact) mass is 429 g/mol. The Morgan fingerprint density at radius 2 is 2.12 bits per heavy atom. The van der Waals surface area contributed by atoms with Crippen LogP contribution in [0.5, 0.6) is 0 Å². The summed E-state index contributed by atoms with van der Waals surface area (Å²) in [5.74, 6) is 0.507. The summed E-state index contributed by atoms with van der Waals surface area (Å²) >= 11 is 3.42. The molecule has 2 saturated heterocycles. The van der Waals surface area contributed by atoms with E-state index in [1.54, 1.807) is 0 Å². The van der Waals surface area contributed by atoms with E-state index in [-0.39, 0.29) is 30.3 Å². The number of amides is 2. The van der Waals surface area contributed by atoms with Gasteiger partial charge in [0.25, 0.3) is 5.91 Å². The Hall–Kier alpha value is -1.11. The molecule has 3 rings (SSSR count). The van der Waals surface area contributed by atoms with Crippen molar-refractivity contribution in [2.24, 2.45) is 5.92 Å². The Labute approximate surface area is 163 Å². The molecule has 2 atom stereocenters. The first-order valence-electron chi connectivity index (χ1n) is 8.69. The molecule has 2 unspecified atom stereocenters.